The molecule has 0 aromatic carbocycles. The second-order valence-electron chi connectivity index (χ2n) is 5.90. The normalized spacial score (nSPS) is 17.0. The molecule has 1 atom stereocenters. The van der Waals surface area contributed by atoms with E-state index in [1.807, 2.05) is 20.8 Å². The first-order valence-corrected chi connectivity index (χ1v) is 9.35. The Morgan fingerprint density at radius 2 is 2.21 bits per heavy atom. The molecule has 2 heterocycles. The maximum atomic E-state index is 11.9. The zero-order valence-electron chi connectivity index (χ0n) is 14.6. The first kappa shape index (κ1) is 18.8. The molecule has 1 aliphatic heterocycles. The highest BCUT2D eigenvalue weighted by Gasteiger charge is 2.21. The van der Waals surface area contributed by atoms with E-state index in [1.54, 1.807) is 0 Å². The molecule has 2 N–H and O–H groups in total. The monoisotopic (exact) mass is 354 g/mol. The largest absolute Gasteiger partial charge is 0.376 e. The number of hydrogen-bond acceptors (Lipinski definition) is 5. The van der Waals surface area contributed by atoms with E-state index in [2.05, 4.69) is 20.2 Å². The van der Waals surface area contributed by atoms with Gasteiger partial charge in [-0.1, -0.05) is 18.7 Å². The van der Waals surface area contributed by atoms with Gasteiger partial charge in [-0.15, -0.1) is 0 Å². The van der Waals surface area contributed by atoms with Gasteiger partial charge in [0, 0.05) is 18.8 Å². The molecule has 0 aliphatic carbocycles. The standard InChI is InChI=1S/C16H26N4O3S/c1-4-7-17-15(22)19-14(21)10-24-16-18-11(2)12(3)20(16)9-13-6-5-8-23-13/h13H,4-10H2,1-3H3,(H2,17,19,21,22). The fourth-order valence-electron chi connectivity index (χ4n) is 2.52. The van der Waals surface area contributed by atoms with E-state index in [-0.39, 0.29) is 17.8 Å². The van der Waals surface area contributed by atoms with Crippen LogP contribution in [0.2, 0.25) is 0 Å². The third-order valence-corrected chi connectivity index (χ3v) is 4.93. The van der Waals surface area contributed by atoms with Crippen LogP contribution in [0.15, 0.2) is 5.16 Å². The highest BCUT2D eigenvalue weighted by Crippen LogP contribution is 2.24. The number of carbonyl (C=O) groups excluding carboxylic acids is 2. The van der Waals surface area contributed by atoms with Crippen LogP contribution in [0.4, 0.5) is 4.79 Å². The molecule has 1 unspecified atom stereocenters. The minimum Gasteiger partial charge on any atom is -0.376 e. The molecule has 0 saturated carbocycles. The van der Waals surface area contributed by atoms with E-state index >= 15 is 0 Å². The van der Waals surface area contributed by atoms with Crippen LogP contribution in [0.25, 0.3) is 0 Å². The summed E-state index contributed by atoms with van der Waals surface area (Å²) in [6.07, 6.45) is 3.19. The molecule has 0 radical (unpaired) electrons. The Hall–Kier alpha value is -1.54. The summed E-state index contributed by atoms with van der Waals surface area (Å²) in [5, 5.41) is 5.74. The lowest BCUT2D eigenvalue weighted by Crippen LogP contribution is -2.40. The van der Waals surface area contributed by atoms with E-state index < -0.39 is 6.03 Å². The number of nitrogens with zero attached hydrogens (tertiary/aromatic N) is 2. The van der Waals surface area contributed by atoms with Crippen molar-refractivity contribution in [2.24, 2.45) is 0 Å². The first-order chi connectivity index (χ1) is 11.5. The van der Waals surface area contributed by atoms with Crippen LogP contribution in [-0.2, 0) is 16.1 Å². The van der Waals surface area contributed by atoms with E-state index in [0.717, 1.165) is 49.0 Å². The van der Waals surface area contributed by atoms with Crippen LogP contribution in [-0.4, -0.2) is 46.5 Å². The van der Waals surface area contributed by atoms with Gasteiger partial charge in [0.05, 0.1) is 24.1 Å². The van der Waals surface area contributed by atoms with E-state index in [1.165, 1.54) is 11.8 Å². The van der Waals surface area contributed by atoms with Crippen molar-refractivity contribution in [2.45, 2.75) is 57.8 Å². The topological polar surface area (TPSA) is 85.3 Å². The summed E-state index contributed by atoms with van der Waals surface area (Å²) in [5.41, 5.74) is 2.05. The van der Waals surface area contributed by atoms with Crippen molar-refractivity contribution in [3.05, 3.63) is 11.4 Å². The van der Waals surface area contributed by atoms with E-state index in [9.17, 15) is 9.59 Å². The number of amides is 3. The molecule has 3 amide bonds. The van der Waals surface area contributed by atoms with Gasteiger partial charge in [0.25, 0.3) is 0 Å². The van der Waals surface area contributed by atoms with Gasteiger partial charge in [-0.3, -0.25) is 10.1 Å². The number of hydrogen-bond donors (Lipinski definition) is 2. The van der Waals surface area contributed by atoms with Crippen LogP contribution >= 0.6 is 11.8 Å². The summed E-state index contributed by atoms with van der Waals surface area (Å²) >= 11 is 1.34. The highest BCUT2D eigenvalue weighted by molar-refractivity contribution is 7.99. The average molecular weight is 354 g/mol. The maximum absolute atomic E-state index is 11.9. The summed E-state index contributed by atoms with van der Waals surface area (Å²) in [6.45, 7) is 8.07. The van der Waals surface area contributed by atoms with Crippen LogP contribution in [0.1, 0.15) is 37.6 Å². The lowest BCUT2D eigenvalue weighted by atomic mass is 10.2. The number of urea groups is 1. The predicted molar refractivity (Wildman–Crippen MR) is 93.2 cm³/mol. The zero-order chi connectivity index (χ0) is 17.5. The molecule has 1 aliphatic rings. The van der Waals surface area contributed by atoms with Gasteiger partial charge in [0.1, 0.15) is 0 Å². The van der Waals surface area contributed by atoms with Crippen molar-refractivity contribution < 1.29 is 14.3 Å². The van der Waals surface area contributed by atoms with Gasteiger partial charge >= 0.3 is 6.03 Å². The summed E-state index contributed by atoms with van der Waals surface area (Å²) in [4.78, 5) is 27.9. The van der Waals surface area contributed by atoms with Crippen molar-refractivity contribution in [1.29, 1.82) is 0 Å². The third kappa shape index (κ3) is 5.24. The summed E-state index contributed by atoms with van der Waals surface area (Å²) < 4.78 is 7.81. The molecule has 7 nitrogen and oxygen atoms in total. The smallest absolute Gasteiger partial charge is 0.321 e. The number of imidazole rings is 1. The van der Waals surface area contributed by atoms with Crippen molar-refractivity contribution in [1.82, 2.24) is 20.2 Å². The molecule has 0 spiro atoms. The number of rotatable bonds is 7. The number of aromatic nitrogens is 2. The Kier molecular flexibility index (Phi) is 7.11. The average Bonchev–Trinajstić information content (AvgIpc) is 3.15. The van der Waals surface area contributed by atoms with Crippen LogP contribution in [0, 0.1) is 13.8 Å². The Morgan fingerprint density at radius 1 is 1.42 bits per heavy atom. The molecule has 8 heteroatoms. The van der Waals surface area contributed by atoms with Crippen molar-refractivity contribution in [2.75, 3.05) is 18.9 Å². The zero-order valence-corrected chi connectivity index (χ0v) is 15.4. The van der Waals surface area contributed by atoms with Crippen LogP contribution in [0.3, 0.4) is 0 Å². The molecule has 1 saturated heterocycles. The van der Waals surface area contributed by atoms with Crippen molar-refractivity contribution >= 4 is 23.7 Å². The van der Waals surface area contributed by atoms with Crippen LogP contribution < -0.4 is 10.6 Å². The highest BCUT2D eigenvalue weighted by atomic mass is 32.2. The van der Waals surface area contributed by atoms with Gasteiger partial charge in [0.15, 0.2) is 5.16 Å². The Morgan fingerprint density at radius 3 is 2.88 bits per heavy atom. The molecule has 0 bridgehead atoms. The Bertz CT molecular complexity index is 582. The van der Waals surface area contributed by atoms with Gasteiger partial charge < -0.3 is 14.6 Å². The quantitative estimate of drug-likeness (QED) is 0.732. The van der Waals surface area contributed by atoms with Crippen molar-refractivity contribution in [3.63, 3.8) is 0 Å². The minimum absolute atomic E-state index is 0.154. The Balaban J connectivity index is 1.90. The lowest BCUT2D eigenvalue weighted by molar-refractivity contribution is -0.117. The fraction of sp³-hybridized carbons (Fsp3) is 0.688. The lowest BCUT2D eigenvalue weighted by Gasteiger charge is -2.14. The summed E-state index contributed by atoms with van der Waals surface area (Å²) in [6, 6.07) is -0.447. The molecule has 24 heavy (non-hydrogen) atoms. The SMILES string of the molecule is CCCNC(=O)NC(=O)CSc1nc(C)c(C)n1CC1CCCO1. The van der Waals surface area contributed by atoms with E-state index in [4.69, 9.17) is 4.74 Å². The number of aryl methyl sites for hydroxylation is 1. The fourth-order valence-corrected chi connectivity index (χ4v) is 3.42. The molecule has 1 fully saturated rings. The minimum atomic E-state index is -0.447. The number of nitrogens with one attached hydrogen (secondary N) is 2. The third-order valence-electron chi connectivity index (χ3n) is 3.95. The molecular formula is C16H26N4O3S. The maximum Gasteiger partial charge on any atom is 0.321 e. The predicted octanol–water partition coefficient (Wildman–Crippen LogP) is 2.01. The van der Waals surface area contributed by atoms with E-state index in [0.29, 0.717) is 6.54 Å². The molecule has 1 aromatic rings. The summed E-state index contributed by atoms with van der Waals surface area (Å²) in [7, 11) is 0. The number of ether oxygens (including phenoxy) is 1. The van der Waals surface area contributed by atoms with Gasteiger partial charge in [-0.25, -0.2) is 9.78 Å². The number of imide groups is 1. The molecule has 134 valence electrons. The van der Waals surface area contributed by atoms with Crippen LogP contribution in [0.5, 0.6) is 0 Å². The molecular weight excluding hydrogens is 328 g/mol. The number of carbonyl (C=O) groups is 2. The second kappa shape index (κ2) is 9.08. The molecule has 2 rings (SSSR count). The van der Waals surface area contributed by atoms with Gasteiger partial charge in [-0.05, 0) is 33.1 Å². The van der Waals surface area contributed by atoms with Gasteiger partial charge in [-0.2, -0.15) is 0 Å². The second-order valence-corrected chi connectivity index (χ2v) is 6.85. The van der Waals surface area contributed by atoms with Crippen molar-refractivity contribution in [3.8, 4) is 0 Å². The number of thioether (sulfide) groups is 1. The Labute approximate surface area is 146 Å². The molecule has 1 aromatic heterocycles. The first-order valence-electron chi connectivity index (χ1n) is 8.37. The van der Waals surface area contributed by atoms with Gasteiger partial charge in [0.2, 0.25) is 5.91 Å². The summed E-state index contributed by atoms with van der Waals surface area (Å²) in [5.74, 6) is -0.170.